The fourth-order valence-corrected chi connectivity index (χ4v) is 1.57. The Bertz CT molecular complexity index is 331. The van der Waals surface area contributed by atoms with Gasteiger partial charge in [-0.3, -0.25) is 4.79 Å². The van der Waals surface area contributed by atoms with Crippen molar-refractivity contribution in [2.24, 2.45) is 0 Å². The minimum Gasteiger partial charge on any atom is -0.399 e. The first-order valence-electron chi connectivity index (χ1n) is 4.56. The summed E-state index contributed by atoms with van der Waals surface area (Å²) in [7, 11) is 0. The zero-order chi connectivity index (χ0) is 11.1. The van der Waals surface area contributed by atoms with Crippen molar-refractivity contribution >= 4 is 29.0 Å². The van der Waals surface area contributed by atoms with Crippen molar-refractivity contribution in [2.45, 2.75) is 0 Å². The van der Waals surface area contributed by atoms with Crippen LogP contribution in [-0.2, 0) is 4.79 Å². The Hall–Kier alpha value is -1.20. The lowest BCUT2D eigenvalue weighted by Crippen LogP contribution is -2.14. The summed E-state index contributed by atoms with van der Waals surface area (Å²) in [6, 6.07) is 7.03. The molecule has 1 aromatic rings. The van der Waals surface area contributed by atoms with Crippen LogP contribution in [0.4, 0.5) is 11.4 Å². The van der Waals surface area contributed by atoms with E-state index in [1.807, 2.05) is 0 Å². The zero-order valence-electron chi connectivity index (χ0n) is 8.27. The van der Waals surface area contributed by atoms with Gasteiger partial charge >= 0.3 is 0 Å². The topological polar surface area (TPSA) is 75.3 Å². The lowest BCUT2D eigenvalue weighted by atomic mass is 10.3. The van der Waals surface area contributed by atoms with Crippen molar-refractivity contribution in [3.63, 3.8) is 0 Å². The minimum absolute atomic E-state index is 0.0842. The zero-order valence-corrected chi connectivity index (χ0v) is 9.09. The fourth-order valence-electron chi connectivity index (χ4n) is 1.04. The van der Waals surface area contributed by atoms with Crippen LogP contribution in [0.3, 0.4) is 0 Å². The van der Waals surface area contributed by atoms with Crippen LogP contribution in [0.15, 0.2) is 24.3 Å². The molecule has 0 aliphatic heterocycles. The number of rotatable bonds is 5. The third-order valence-electron chi connectivity index (χ3n) is 1.64. The number of anilines is 2. The van der Waals surface area contributed by atoms with Gasteiger partial charge in [-0.2, -0.15) is 0 Å². The number of hydrogen-bond donors (Lipinski definition) is 3. The summed E-state index contributed by atoms with van der Waals surface area (Å²) in [6.07, 6.45) is 0. The molecule has 4 nitrogen and oxygen atoms in total. The Kier molecular flexibility index (Phi) is 5.00. The van der Waals surface area contributed by atoms with Crippen molar-refractivity contribution in [2.75, 3.05) is 29.2 Å². The van der Waals surface area contributed by atoms with E-state index in [1.54, 1.807) is 24.3 Å². The number of benzene rings is 1. The van der Waals surface area contributed by atoms with Crippen LogP contribution in [0.2, 0.25) is 0 Å². The summed E-state index contributed by atoms with van der Waals surface area (Å²) >= 11 is 1.39. The highest BCUT2D eigenvalue weighted by Gasteiger charge is 2.01. The van der Waals surface area contributed by atoms with Crippen molar-refractivity contribution in [1.82, 2.24) is 0 Å². The molecule has 0 fully saturated rings. The molecule has 0 heterocycles. The minimum atomic E-state index is -0.0842. The Morgan fingerprint density at radius 1 is 1.53 bits per heavy atom. The largest absolute Gasteiger partial charge is 0.399 e. The van der Waals surface area contributed by atoms with E-state index in [4.69, 9.17) is 10.8 Å². The summed E-state index contributed by atoms with van der Waals surface area (Å²) in [6.45, 7) is 0.0935. The lowest BCUT2D eigenvalue weighted by molar-refractivity contribution is -0.113. The maximum atomic E-state index is 11.3. The molecule has 0 saturated carbocycles. The monoisotopic (exact) mass is 226 g/mol. The number of carbonyl (C=O) groups excluding carboxylic acids is 1. The highest BCUT2D eigenvalue weighted by Crippen LogP contribution is 2.12. The predicted molar refractivity (Wildman–Crippen MR) is 63.9 cm³/mol. The Morgan fingerprint density at radius 2 is 2.33 bits per heavy atom. The Balaban J connectivity index is 2.37. The molecule has 0 unspecified atom stereocenters. The molecular weight excluding hydrogens is 212 g/mol. The molecule has 0 aliphatic carbocycles. The quantitative estimate of drug-likeness (QED) is 0.516. The van der Waals surface area contributed by atoms with Crippen LogP contribution >= 0.6 is 11.8 Å². The molecule has 0 aliphatic rings. The molecule has 0 bridgehead atoms. The third kappa shape index (κ3) is 4.71. The number of nitrogen functional groups attached to an aromatic ring is 1. The van der Waals surface area contributed by atoms with Gasteiger partial charge < -0.3 is 16.2 Å². The summed E-state index contributed by atoms with van der Waals surface area (Å²) < 4.78 is 0. The van der Waals surface area contributed by atoms with Crippen LogP contribution in [-0.4, -0.2) is 29.1 Å². The number of hydrogen-bond acceptors (Lipinski definition) is 4. The lowest BCUT2D eigenvalue weighted by Gasteiger charge is -2.05. The molecule has 1 amide bonds. The van der Waals surface area contributed by atoms with Crippen LogP contribution in [0.25, 0.3) is 0 Å². The van der Waals surface area contributed by atoms with E-state index in [2.05, 4.69) is 5.32 Å². The van der Waals surface area contributed by atoms with Crippen molar-refractivity contribution in [3.05, 3.63) is 24.3 Å². The number of carbonyl (C=O) groups is 1. The number of thioether (sulfide) groups is 1. The first kappa shape index (κ1) is 11.9. The van der Waals surface area contributed by atoms with E-state index in [9.17, 15) is 4.79 Å². The van der Waals surface area contributed by atoms with Crippen molar-refractivity contribution in [1.29, 1.82) is 0 Å². The van der Waals surface area contributed by atoms with Gasteiger partial charge in [-0.15, -0.1) is 11.8 Å². The molecule has 82 valence electrons. The first-order valence-corrected chi connectivity index (χ1v) is 5.72. The van der Waals surface area contributed by atoms with E-state index >= 15 is 0 Å². The van der Waals surface area contributed by atoms with Gasteiger partial charge in [0.1, 0.15) is 0 Å². The third-order valence-corrected chi connectivity index (χ3v) is 2.58. The SMILES string of the molecule is Nc1cccc(NC(=O)CSCCO)c1. The van der Waals surface area contributed by atoms with Gasteiger partial charge in [0.05, 0.1) is 12.4 Å². The van der Waals surface area contributed by atoms with Crippen molar-refractivity contribution < 1.29 is 9.90 Å². The molecule has 0 aromatic heterocycles. The fraction of sp³-hybridized carbons (Fsp3) is 0.300. The highest BCUT2D eigenvalue weighted by atomic mass is 32.2. The molecule has 4 N–H and O–H groups in total. The molecule has 5 heteroatoms. The van der Waals surface area contributed by atoms with Gasteiger partial charge in [0.25, 0.3) is 0 Å². The van der Waals surface area contributed by atoms with Gasteiger partial charge in [0.2, 0.25) is 5.91 Å². The molecule has 0 atom stereocenters. The summed E-state index contributed by atoms with van der Waals surface area (Å²) in [5, 5.41) is 11.3. The molecule has 0 spiro atoms. The predicted octanol–water partition coefficient (Wildman–Crippen LogP) is 0.933. The normalized spacial score (nSPS) is 9.93. The second-order valence-electron chi connectivity index (χ2n) is 2.95. The van der Waals surface area contributed by atoms with Crippen LogP contribution in [0.1, 0.15) is 0 Å². The number of nitrogens with two attached hydrogens (primary N) is 1. The molecular formula is C10H14N2O2S. The van der Waals surface area contributed by atoms with E-state index < -0.39 is 0 Å². The maximum Gasteiger partial charge on any atom is 0.234 e. The van der Waals surface area contributed by atoms with E-state index in [1.165, 1.54) is 11.8 Å². The van der Waals surface area contributed by atoms with Gasteiger partial charge in [-0.1, -0.05) is 6.07 Å². The van der Waals surface area contributed by atoms with Gasteiger partial charge in [-0.25, -0.2) is 0 Å². The standard InChI is InChI=1S/C10H14N2O2S/c11-8-2-1-3-9(6-8)12-10(14)7-15-5-4-13/h1-3,6,13H,4-5,7,11H2,(H,12,14). The van der Waals surface area contributed by atoms with Crippen molar-refractivity contribution in [3.8, 4) is 0 Å². The second-order valence-corrected chi connectivity index (χ2v) is 4.06. The summed E-state index contributed by atoms with van der Waals surface area (Å²) in [5.74, 6) is 0.832. The highest BCUT2D eigenvalue weighted by molar-refractivity contribution is 7.99. The summed E-state index contributed by atoms with van der Waals surface area (Å²) in [5.41, 5.74) is 6.89. The van der Waals surface area contributed by atoms with Crippen LogP contribution in [0, 0.1) is 0 Å². The van der Waals surface area contributed by atoms with E-state index in [0.29, 0.717) is 22.9 Å². The van der Waals surface area contributed by atoms with E-state index in [-0.39, 0.29) is 12.5 Å². The maximum absolute atomic E-state index is 11.3. The van der Waals surface area contributed by atoms with E-state index in [0.717, 1.165) is 0 Å². The number of nitrogens with one attached hydrogen (secondary N) is 1. The average Bonchev–Trinajstić information content (AvgIpc) is 2.18. The average molecular weight is 226 g/mol. The Labute approximate surface area is 92.9 Å². The van der Waals surface area contributed by atoms with Crippen LogP contribution in [0.5, 0.6) is 0 Å². The smallest absolute Gasteiger partial charge is 0.234 e. The molecule has 15 heavy (non-hydrogen) atoms. The second kappa shape index (κ2) is 6.31. The van der Waals surface area contributed by atoms with Crippen LogP contribution < -0.4 is 11.1 Å². The van der Waals surface area contributed by atoms with Gasteiger partial charge in [-0.05, 0) is 18.2 Å². The molecule has 1 aromatic carbocycles. The van der Waals surface area contributed by atoms with Gasteiger partial charge in [0.15, 0.2) is 0 Å². The summed E-state index contributed by atoms with van der Waals surface area (Å²) in [4.78, 5) is 11.3. The van der Waals surface area contributed by atoms with Gasteiger partial charge in [0, 0.05) is 17.1 Å². The number of aliphatic hydroxyl groups excluding tert-OH is 1. The molecule has 1 rings (SSSR count). The number of aliphatic hydroxyl groups is 1. The first-order chi connectivity index (χ1) is 7.22. The number of amides is 1. The Morgan fingerprint density at radius 3 is 3.00 bits per heavy atom. The molecule has 0 saturated heterocycles. The molecule has 0 radical (unpaired) electrons.